The maximum absolute atomic E-state index is 3.77. The van der Waals surface area contributed by atoms with Crippen LogP contribution in [0, 0.1) is 0 Å². The van der Waals surface area contributed by atoms with Crippen molar-refractivity contribution in [2.75, 3.05) is 0 Å². The molecule has 0 aliphatic rings. The van der Waals surface area contributed by atoms with Crippen molar-refractivity contribution in [1.29, 1.82) is 0 Å². The van der Waals surface area contributed by atoms with Crippen LogP contribution in [0.1, 0.15) is 18.4 Å². The summed E-state index contributed by atoms with van der Waals surface area (Å²) in [6.07, 6.45) is 1.96. The number of allylic oxidation sites excluding steroid dienone is 1. The van der Waals surface area contributed by atoms with Crippen molar-refractivity contribution in [2.45, 2.75) is 12.8 Å². The predicted molar refractivity (Wildman–Crippen MR) is 50.4 cm³/mol. The molecule has 0 aliphatic heterocycles. The van der Waals surface area contributed by atoms with Crippen LogP contribution in [0.4, 0.5) is 0 Å². The van der Waals surface area contributed by atoms with Gasteiger partial charge >= 0.3 is 76.5 Å². The molecule has 1 heteroatoms. The molecule has 0 bridgehead atoms. The first-order valence-electron chi connectivity index (χ1n) is 3.66. The molecule has 0 aliphatic carbocycles. The van der Waals surface area contributed by atoms with E-state index < -0.39 is 0 Å². The van der Waals surface area contributed by atoms with Crippen molar-refractivity contribution in [2.24, 2.45) is 0 Å². The molecule has 0 spiro atoms. The van der Waals surface area contributed by atoms with Crippen LogP contribution in [-0.2, 0) is 0 Å². The van der Waals surface area contributed by atoms with Gasteiger partial charge in [-0.25, -0.2) is 0 Å². The van der Waals surface area contributed by atoms with E-state index in [1.165, 1.54) is 9.91 Å². The van der Waals surface area contributed by atoms with Crippen LogP contribution >= 0.6 is 0 Å². The maximum atomic E-state index is 3.77. The summed E-state index contributed by atoms with van der Waals surface area (Å²) < 4.78 is 1.28. The second kappa shape index (κ2) is 3.78. The van der Waals surface area contributed by atoms with Crippen LogP contribution in [0.5, 0.6) is 0 Å². The molecule has 0 nitrogen and oxygen atoms in total. The molecule has 56 valence electrons. The molecule has 11 heavy (non-hydrogen) atoms. The fourth-order valence-electron chi connectivity index (χ4n) is 1.000. The summed E-state index contributed by atoms with van der Waals surface area (Å²) in [6, 6.07) is 8.36. The first-order chi connectivity index (χ1) is 5.25. The van der Waals surface area contributed by atoms with E-state index >= 15 is 0 Å². The van der Waals surface area contributed by atoms with Gasteiger partial charge in [0.1, 0.15) is 0 Å². The molecule has 2 radical (unpaired) electrons. The van der Waals surface area contributed by atoms with Crippen LogP contribution < -0.4 is 4.35 Å². The van der Waals surface area contributed by atoms with E-state index in [4.69, 9.17) is 0 Å². The van der Waals surface area contributed by atoms with Gasteiger partial charge in [0.2, 0.25) is 0 Å². The number of benzene rings is 1. The normalized spacial score (nSPS) is 12.5. The second-order valence-corrected chi connectivity index (χ2v) is 3.59. The van der Waals surface area contributed by atoms with Crippen molar-refractivity contribution in [1.82, 2.24) is 0 Å². The Bertz CT molecular complexity index is 253. The molecular weight excluding hydrogens is 195 g/mol. The molecule has 0 amide bonds. The zero-order valence-corrected chi connectivity index (χ0v) is 8.49. The molecule has 1 unspecified atom stereocenters. The molecule has 0 heterocycles. The molecule has 1 atom stereocenters. The summed E-state index contributed by atoms with van der Waals surface area (Å²) in [5, 5.41) is 0. The zero-order chi connectivity index (χ0) is 8.27. The second-order valence-electron chi connectivity index (χ2n) is 2.58. The third-order valence-electron chi connectivity index (χ3n) is 1.78. The topological polar surface area (TPSA) is 0 Å². The minimum atomic E-state index is 0.453. The van der Waals surface area contributed by atoms with Gasteiger partial charge in [0.05, 0.1) is 0 Å². The monoisotopic (exact) mass is 206 g/mol. The summed E-state index contributed by atoms with van der Waals surface area (Å²) >= 11 is 2.59. The van der Waals surface area contributed by atoms with E-state index in [1.807, 2.05) is 12.1 Å². The first kappa shape index (κ1) is 8.61. The Hall–Kier alpha value is -0.482. The minimum absolute atomic E-state index is 0.453. The molecule has 0 saturated carbocycles. The van der Waals surface area contributed by atoms with Crippen LogP contribution in [0.15, 0.2) is 36.9 Å². The van der Waals surface area contributed by atoms with Crippen molar-refractivity contribution < 1.29 is 0 Å². The summed E-state index contributed by atoms with van der Waals surface area (Å²) in [7, 11) is 0. The Kier molecular flexibility index (Phi) is 2.96. The molecule has 0 N–H and O–H groups in total. The molecule has 1 rings (SSSR count). The van der Waals surface area contributed by atoms with Gasteiger partial charge < -0.3 is 0 Å². The molecular formula is C10H11As. The van der Waals surface area contributed by atoms with Crippen LogP contribution in [0.25, 0.3) is 0 Å². The SMILES string of the molecule is C=CC(C)c1ccccc1[As]. The summed E-state index contributed by atoms with van der Waals surface area (Å²) in [6.45, 7) is 5.92. The Morgan fingerprint density at radius 3 is 2.64 bits per heavy atom. The third kappa shape index (κ3) is 1.97. The average Bonchev–Trinajstić information content (AvgIpc) is 2.04. The molecule has 0 fully saturated rings. The van der Waals surface area contributed by atoms with E-state index in [0.717, 1.165) is 0 Å². The van der Waals surface area contributed by atoms with Gasteiger partial charge in [0.25, 0.3) is 0 Å². The van der Waals surface area contributed by atoms with Crippen LogP contribution in [0.3, 0.4) is 0 Å². The van der Waals surface area contributed by atoms with Gasteiger partial charge in [-0.3, -0.25) is 0 Å². The van der Waals surface area contributed by atoms with Crippen LogP contribution in [0.2, 0.25) is 0 Å². The number of rotatable bonds is 2. The van der Waals surface area contributed by atoms with Gasteiger partial charge in [0.15, 0.2) is 0 Å². The molecule has 0 saturated heterocycles. The van der Waals surface area contributed by atoms with E-state index in [1.54, 1.807) is 0 Å². The quantitative estimate of drug-likeness (QED) is 0.511. The van der Waals surface area contributed by atoms with E-state index in [2.05, 4.69) is 48.6 Å². The van der Waals surface area contributed by atoms with Crippen LogP contribution in [-0.4, -0.2) is 16.9 Å². The fourth-order valence-corrected chi connectivity index (χ4v) is 1.76. The Morgan fingerprint density at radius 1 is 1.45 bits per heavy atom. The van der Waals surface area contributed by atoms with Gasteiger partial charge in [-0.05, 0) is 0 Å². The predicted octanol–water partition coefficient (Wildman–Crippen LogP) is 1.77. The van der Waals surface area contributed by atoms with Gasteiger partial charge in [-0.15, -0.1) is 0 Å². The number of hydrogen-bond donors (Lipinski definition) is 0. The van der Waals surface area contributed by atoms with E-state index in [9.17, 15) is 0 Å². The molecule has 1 aromatic rings. The molecule has 1 aromatic carbocycles. The first-order valence-corrected chi connectivity index (χ1v) is 4.60. The standard InChI is InChI=1S/C10H11As/c1-3-8(2)9-6-4-5-7-10(9)11/h3-8H,1H2,2H3. The van der Waals surface area contributed by atoms with E-state index in [0.29, 0.717) is 5.92 Å². The Labute approximate surface area is 76.8 Å². The summed E-state index contributed by atoms with van der Waals surface area (Å²) in [5.74, 6) is 0.453. The number of hydrogen-bond acceptors (Lipinski definition) is 0. The van der Waals surface area contributed by atoms with Crippen molar-refractivity contribution >= 4 is 21.2 Å². The third-order valence-corrected chi connectivity index (χ3v) is 2.64. The van der Waals surface area contributed by atoms with Gasteiger partial charge in [0, 0.05) is 0 Å². The summed E-state index contributed by atoms with van der Waals surface area (Å²) in [4.78, 5) is 0. The Morgan fingerprint density at radius 2 is 2.09 bits per heavy atom. The zero-order valence-electron chi connectivity index (χ0n) is 6.62. The average molecular weight is 206 g/mol. The fraction of sp³-hybridized carbons (Fsp3) is 0.200. The van der Waals surface area contributed by atoms with E-state index in [-0.39, 0.29) is 0 Å². The van der Waals surface area contributed by atoms with Gasteiger partial charge in [-0.2, -0.15) is 0 Å². The molecule has 0 aromatic heterocycles. The van der Waals surface area contributed by atoms with Crippen molar-refractivity contribution in [3.05, 3.63) is 42.5 Å². The summed E-state index contributed by atoms with van der Waals surface area (Å²) in [5.41, 5.74) is 1.35. The van der Waals surface area contributed by atoms with Crippen molar-refractivity contribution in [3.63, 3.8) is 0 Å². The van der Waals surface area contributed by atoms with Crippen molar-refractivity contribution in [3.8, 4) is 0 Å². The van der Waals surface area contributed by atoms with Gasteiger partial charge in [-0.1, -0.05) is 0 Å². The Balaban J connectivity index is 3.02.